The molecule has 0 atom stereocenters. The summed E-state index contributed by atoms with van der Waals surface area (Å²) in [4.78, 5) is 11.3. The lowest BCUT2D eigenvalue weighted by Crippen LogP contribution is -2.22. The molecule has 1 aromatic carbocycles. The number of aromatic nitrogens is 1. The summed E-state index contributed by atoms with van der Waals surface area (Å²) in [5.41, 5.74) is 9.29. The van der Waals surface area contributed by atoms with Crippen molar-refractivity contribution in [2.75, 3.05) is 23.3 Å². The highest BCUT2D eigenvalue weighted by Gasteiger charge is 2.12. The highest BCUT2D eigenvalue weighted by Crippen LogP contribution is 2.17. The average Bonchev–Trinajstić information content (AvgIpc) is 3.15. The summed E-state index contributed by atoms with van der Waals surface area (Å²) in [6.07, 6.45) is 5.41. The monoisotopic (exact) mass is 323 g/mol. The van der Waals surface area contributed by atoms with Gasteiger partial charge in [-0.25, -0.2) is 9.98 Å². The van der Waals surface area contributed by atoms with Gasteiger partial charge in [-0.2, -0.15) is 0 Å². The van der Waals surface area contributed by atoms with E-state index in [4.69, 9.17) is 5.73 Å². The number of nitrogens with two attached hydrogens (primary N) is 1. The van der Waals surface area contributed by atoms with Crippen LogP contribution in [-0.4, -0.2) is 24.0 Å². The number of anilines is 2. The zero-order chi connectivity index (χ0) is 16.8. The third-order valence-electron chi connectivity index (χ3n) is 4.28. The lowest BCUT2D eigenvalue weighted by Gasteiger charge is -2.16. The summed E-state index contributed by atoms with van der Waals surface area (Å²) in [5, 5.41) is 3.14. The van der Waals surface area contributed by atoms with Gasteiger partial charge in [0.05, 0.1) is 6.54 Å². The van der Waals surface area contributed by atoms with E-state index in [2.05, 4.69) is 51.4 Å². The van der Waals surface area contributed by atoms with Crippen molar-refractivity contribution in [1.29, 1.82) is 0 Å². The molecule has 0 unspecified atom stereocenters. The number of aryl methyl sites for hydroxylation is 1. The summed E-state index contributed by atoms with van der Waals surface area (Å²) < 4.78 is 0. The van der Waals surface area contributed by atoms with E-state index in [0.29, 0.717) is 12.5 Å². The van der Waals surface area contributed by atoms with Crippen LogP contribution in [0.25, 0.3) is 0 Å². The second-order valence-electron chi connectivity index (χ2n) is 6.10. The standard InChI is InChI=1S/C19H25N5/c1-2-15-6-5-7-17(12-15)23-19(20)22-14-16-8-9-18(21-13-16)24-10-3-4-11-24/h5-9,12-13H,2-4,10-11,14H2,1H3,(H3,20,22,23). The number of nitrogens with zero attached hydrogens (tertiary/aromatic N) is 3. The largest absolute Gasteiger partial charge is 0.370 e. The fourth-order valence-corrected chi connectivity index (χ4v) is 2.88. The second-order valence-corrected chi connectivity index (χ2v) is 6.10. The van der Waals surface area contributed by atoms with Crippen molar-refractivity contribution >= 4 is 17.5 Å². The van der Waals surface area contributed by atoms with Gasteiger partial charge in [0.25, 0.3) is 0 Å². The molecule has 126 valence electrons. The van der Waals surface area contributed by atoms with Crippen molar-refractivity contribution in [3.8, 4) is 0 Å². The first-order valence-corrected chi connectivity index (χ1v) is 8.60. The Balaban J connectivity index is 1.57. The molecule has 0 radical (unpaired) electrons. The van der Waals surface area contributed by atoms with E-state index in [1.165, 1.54) is 18.4 Å². The molecule has 0 aliphatic carbocycles. The number of aliphatic imine (C=N–C) groups is 1. The van der Waals surface area contributed by atoms with Crippen LogP contribution < -0.4 is 16.0 Å². The normalized spacial score (nSPS) is 14.9. The van der Waals surface area contributed by atoms with Crippen molar-refractivity contribution in [3.63, 3.8) is 0 Å². The number of hydrogen-bond acceptors (Lipinski definition) is 3. The van der Waals surface area contributed by atoms with Crippen molar-refractivity contribution in [2.45, 2.75) is 32.7 Å². The smallest absolute Gasteiger partial charge is 0.193 e. The zero-order valence-corrected chi connectivity index (χ0v) is 14.2. The molecule has 3 N–H and O–H groups in total. The molecule has 0 amide bonds. The first kappa shape index (κ1) is 16.3. The SMILES string of the molecule is CCc1cccc(NC(N)=NCc2ccc(N3CCCC3)nc2)c1. The van der Waals surface area contributed by atoms with Gasteiger partial charge in [-0.05, 0) is 48.6 Å². The minimum absolute atomic E-state index is 0.423. The highest BCUT2D eigenvalue weighted by atomic mass is 15.2. The van der Waals surface area contributed by atoms with Crippen molar-refractivity contribution in [2.24, 2.45) is 10.7 Å². The molecule has 1 fully saturated rings. The van der Waals surface area contributed by atoms with Crippen LogP contribution >= 0.6 is 0 Å². The Morgan fingerprint density at radius 2 is 2.04 bits per heavy atom. The van der Waals surface area contributed by atoms with Gasteiger partial charge in [0.15, 0.2) is 5.96 Å². The molecule has 5 heteroatoms. The number of guanidine groups is 1. The van der Waals surface area contributed by atoms with Gasteiger partial charge in [-0.15, -0.1) is 0 Å². The second kappa shape index (κ2) is 7.81. The van der Waals surface area contributed by atoms with Gasteiger partial charge >= 0.3 is 0 Å². The van der Waals surface area contributed by atoms with Gasteiger partial charge < -0.3 is 16.0 Å². The minimum atomic E-state index is 0.423. The third kappa shape index (κ3) is 4.25. The molecule has 2 aromatic rings. The lowest BCUT2D eigenvalue weighted by atomic mass is 10.1. The summed E-state index contributed by atoms with van der Waals surface area (Å²) >= 11 is 0. The molecule has 0 saturated carbocycles. The first-order valence-electron chi connectivity index (χ1n) is 8.60. The first-order chi connectivity index (χ1) is 11.7. The van der Waals surface area contributed by atoms with Gasteiger partial charge in [-0.3, -0.25) is 0 Å². The Hall–Kier alpha value is -2.56. The summed E-state index contributed by atoms with van der Waals surface area (Å²) in [6.45, 7) is 4.88. The Bertz CT molecular complexity index is 687. The fraction of sp³-hybridized carbons (Fsp3) is 0.368. The van der Waals surface area contributed by atoms with Crippen molar-refractivity contribution < 1.29 is 0 Å². The van der Waals surface area contributed by atoms with E-state index in [1.54, 1.807) is 0 Å². The van der Waals surface area contributed by atoms with Crippen LogP contribution in [0.4, 0.5) is 11.5 Å². The molecular weight excluding hydrogens is 298 g/mol. The maximum absolute atomic E-state index is 5.98. The molecular formula is C19H25N5. The number of nitrogens with one attached hydrogen (secondary N) is 1. The quantitative estimate of drug-likeness (QED) is 0.655. The molecule has 1 aliphatic rings. The third-order valence-corrected chi connectivity index (χ3v) is 4.28. The number of pyridine rings is 1. The van der Waals surface area contributed by atoms with Gasteiger partial charge in [0, 0.05) is 25.0 Å². The predicted octanol–water partition coefficient (Wildman–Crippen LogP) is 3.17. The maximum Gasteiger partial charge on any atom is 0.193 e. The summed E-state index contributed by atoms with van der Waals surface area (Å²) in [5.74, 6) is 1.48. The molecule has 5 nitrogen and oxygen atoms in total. The van der Waals surface area contributed by atoms with Crippen LogP contribution in [0.1, 0.15) is 30.9 Å². The molecule has 1 aromatic heterocycles. The number of hydrogen-bond donors (Lipinski definition) is 2. The molecule has 1 saturated heterocycles. The van der Waals surface area contributed by atoms with Crippen LogP contribution in [0.15, 0.2) is 47.6 Å². The molecule has 0 spiro atoms. The van der Waals surface area contributed by atoms with E-state index >= 15 is 0 Å². The van der Waals surface area contributed by atoms with Gasteiger partial charge in [0.1, 0.15) is 5.82 Å². The van der Waals surface area contributed by atoms with Gasteiger partial charge in [-0.1, -0.05) is 25.1 Å². The van der Waals surface area contributed by atoms with E-state index in [-0.39, 0.29) is 0 Å². The van der Waals surface area contributed by atoms with Crippen LogP contribution in [-0.2, 0) is 13.0 Å². The topological polar surface area (TPSA) is 66.5 Å². The van der Waals surface area contributed by atoms with E-state index in [9.17, 15) is 0 Å². The van der Waals surface area contributed by atoms with Crippen LogP contribution in [0.3, 0.4) is 0 Å². The maximum atomic E-state index is 5.98. The Morgan fingerprint density at radius 3 is 2.75 bits per heavy atom. The lowest BCUT2D eigenvalue weighted by molar-refractivity contribution is 0.929. The van der Waals surface area contributed by atoms with Crippen LogP contribution in [0, 0.1) is 0 Å². The number of benzene rings is 1. The summed E-state index contributed by atoms with van der Waals surface area (Å²) in [7, 11) is 0. The zero-order valence-electron chi connectivity index (χ0n) is 14.2. The number of rotatable bonds is 5. The summed E-state index contributed by atoms with van der Waals surface area (Å²) in [6, 6.07) is 12.4. The van der Waals surface area contributed by atoms with Crippen LogP contribution in [0.5, 0.6) is 0 Å². The molecule has 1 aliphatic heterocycles. The van der Waals surface area contributed by atoms with E-state index in [0.717, 1.165) is 36.6 Å². The van der Waals surface area contributed by atoms with Crippen molar-refractivity contribution in [1.82, 2.24) is 4.98 Å². The predicted molar refractivity (Wildman–Crippen MR) is 100 cm³/mol. The molecule has 2 heterocycles. The minimum Gasteiger partial charge on any atom is -0.370 e. The Labute approximate surface area is 143 Å². The van der Waals surface area contributed by atoms with Gasteiger partial charge in [0.2, 0.25) is 0 Å². The highest BCUT2D eigenvalue weighted by molar-refractivity contribution is 5.92. The Morgan fingerprint density at radius 1 is 1.21 bits per heavy atom. The van der Waals surface area contributed by atoms with E-state index < -0.39 is 0 Å². The van der Waals surface area contributed by atoms with E-state index in [1.807, 2.05) is 18.3 Å². The van der Waals surface area contributed by atoms with Crippen molar-refractivity contribution in [3.05, 3.63) is 53.7 Å². The molecule has 0 bridgehead atoms. The molecule has 3 rings (SSSR count). The molecule has 24 heavy (non-hydrogen) atoms. The fourth-order valence-electron chi connectivity index (χ4n) is 2.88. The Kier molecular flexibility index (Phi) is 5.31. The van der Waals surface area contributed by atoms with Crippen LogP contribution in [0.2, 0.25) is 0 Å². The average molecular weight is 323 g/mol.